The Hall–Kier alpha value is -1.39. The topological polar surface area (TPSA) is 32.8 Å². The quantitative estimate of drug-likeness (QED) is 0.859. The second-order valence-corrected chi connectivity index (χ2v) is 7.38. The number of morpholine rings is 1. The maximum absolute atomic E-state index is 12.4. The van der Waals surface area contributed by atoms with Gasteiger partial charge in [-0.2, -0.15) is 0 Å². The fourth-order valence-corrected chi connectivity index (χ4v) is 3.89. The Kier molecular flexibility index (Phi) is 4.47. The molecule has 0 atom stereocenters. The van der Waals surface area contributed by atoms with E-state index in [1.165, 1.54) is 5.56 Å². The number of nitrogens with zero attached hydrogens (tertiary/aromatic N) is 2. The fourth-order valence-electron chi connectivity index (χ4n) is 3.89. The standard InChI is InChI=1S/C19H28N2O2/c1-4-21-15-19(23-18(2,3)17(21)22)10-12-20(13-11-19)14-16-8-6-5-7-9-16/h5-9H,4,10-15H2,1-3H3. The average Bonchev–Trinajstić information content (AvgIpc) is 2.54. The summed E-state index contributed by atoms with van der Waals surface area (Å²) >= 11 is 0. The van der Waals surface area contributed by atoms with E-state index in [9.17, 15) is 4.79 Å². The van der Waals surface area contributed by atoms with E-state index < -0.39 is 5.60 Å². The number of likely N-dealkylation sites (tertiary alicyclic amines) is 1. The molecule has 4 nitrogen and oxygen atoms in total. The molecule has 3 rings (SSSR count). The molecule has 0 radical (unpaired) electrons. The second kappa shape index (κ2) is 6.25. The van der Waals surface area contributed by atoms with E-state index in [1.54, 1.807) is 0 Å². The molecule has 1 spiro atoms. The third kappa shape index (κ3) is 3.43. The molecule has 1 aromatic rings. The minimum atomic E-state index is -0.699. The van der Waals surface area contributed by atoms with Gasteiger partial charge >= 0.3 is 0 Å². The number of amides is 1. The van der Waals surface area contributed by atoms with Crippen LogP contribution in [0.4, 0.5) is 0 Å². The molecule has 1 aromatic carbocycles. The third-order valence-corrected chi connectivity index (χ3v) is 5.15. The number of hydrogen-bond donors (Lipinski definition) is 0. The number of carbonyl (C=O) groups is 1. The number of hydrogen-bond acceptors (Lipinski definition) is 3. The van der Waals surface area contributed by atoms with Gasteiger partial charge in [-0.3, -0.25) is 9.69 Å². The van der Waals surface area contributed by atoms with Gasteiger partial charge in [0.2, 0.25) is 0 Å². The first-order chi connectivity index (χ1) is 10.9. The predicted molar refractivity (Wildman–Crippen MR) is 91.1 cm³/mol. The Bertz CT molecular complexity index is 548. The van der Waals surface area contributed by atoms with Crippen molar-refractivity contribution in [2.45, 2.75) is 51.4 Å². The molecule has 0 bridgehead atoms. The van der Waals surface area contributed by atoms with E-state index >= 15 is 0 Å². The number of ether oxygens (including phenoxy) is 1. The molecule has 126 valence electrons. The first-order valence-corrected chi connectivity index (χ1v) is 8.70. The molecule has 4 heteroatoms. The van der Waals surface area contributed by atoms with Crippen LogP contribution < -0.4 is 0 Å². The van der Waals surface area contributed by atoms with E-state index in [4.69, 9.17) is 4.74 Å². The zero-order chi connectivity index (χ0) is 16.5. The van der Waals surface area contributed by atoms with Crippen LogP contribution >= 0.6 is 0 Å². The van der Waals surface area contributed by atoms with Crippen LogP contribution in [0.2, 0.25) is 0 Å². The first kappa shape index (κ1) is 16.5. The molecule has 0 aromatic heterocycles. The van der Waals surface area contributed by atoms with Crippen molar-refractivity contribution >= 4 is 5.91 Å². The van der Waals surface area contributed by atoms with Crippen LogP contribution in [0.5, 0.6) is 0 Å². The molecule has 2 heterocycles. The van der Waals surface area contributed by atoms with Gasteiger partial charge < -0.3 is 9.64 Å². The lowest BCUT2D eigenvalue weighted by Gasteiger charge is -2.52. The molecule has 0 saturated carbocycles. The largest absolute Gasteiger partial charge is 0.357 e. The third-order valence-electron chi connectivity index (χ3n) is 5.15. The molecule has 2 aliphatic rings. The van der Waals surface area contributed by atoms with Crippen LogP contribution in [0.25, 0.3) is 0 Å². The summed E-state index contributed by atoms with van der Waals surface area (Å²) in [5.41, 5.74) is 0.495. The van der Waals surface area contributed by atoms with Crippen LogP contribution in [0, 0.1) is 0 Å². The van der Waals surface area contributed by atoms with E-state index in [0.717, 1.165) is 45.6 Å². The summed E-state index contributed by atoms with van der Waals surface area (Å²) in [5, 5.41) is 0. The summed E-state index contributed by atoms with van der Waals surface area (Å²) in [6, 6.07) is 10.6. The summed E-state index contributed by atoms with van der Waals surface area (Å²) in [5.74, 6) is 0.123. The van der Waals surface area contributed by atoms with Crippen LogP contribution in [0.1, 0.15) is 39.2 Å². The highest BCUT2D eigenvalue weighted by Gasteiger charge is 2.50. The summed E-state index contributed by atoms with van der Waals surface area (Å²) in [6.07, 6.45) is 1.99. The Labute approximate surface area is 139 Å². The number of piperidine rings is 1. The SMILES string of the molecule is CCN1CC2(CCN(Cc3ccccc3)CC2)OC(C)(C)C1=O. The highest BCUT2D eigenvalue weighted by atomic mass is 16.5. The van der Waals surface area contributed by atoms with Gasteiger partial charge in [0, 0.05) is 32.7 Å². The Morgan fingerprint density at radius 2 is 1.78 bits per heavy atom. The average molecular weight is 316 g/mol. The van der Waals surface area contributed by atoms with Gasteiger partial charge in [-0.15, -0.1) is 0 Å². The Balaban J connectivity index is 1.64. The van der Waals surface area contributed by atoms with Crippen molar-refractivity contribution in [2.75, 3.05) is 26.2 Å². The van der Waals surface area contributed by atoms with Gasteiger partial charge in [0.15, 0.2) is 0 Å². The second-order valence-electron chi connectivity index (χ2n) is 7.38. The summed E-state index contributed by atoms with van der Waals surface area (Å²) < 4.78 is 6.33. The van der Waals surface area contributed by atoms with Gasteiger partial charge in [0.1, 0.15) is 5.60 Å². The lowest BCUT2D eigenvalue weighted by Crippen LogP contribution is -2.65. The fraction of sp³-hybridized carbons (Fsp3) is 0.632. The molecule has 0 aliphatic carbocycles. The maximum atomic E-state index is 12.4. The molecular formula is C19H28N2O2. The molecule has 0 unspecified atom stereocenters. The van der Waals surface area contributed by atoms with Crippen molar-refractivity contribution in [3.8, 4) is 0 Å². The molecule has 1 amide bonds. The van der Waals surface area contributed by atoms with Crippen molar-refractivity contribution in [1.82, 2.24) is 9.80 Å². The smallest absolute Gasteiger partial charge is 0.254 e. The van der Waals surface area contributed by atoms with Crippen molar-refractivity contribution in [3.63, 3.8) is 0 Å². The van der Waals surface area contributed by atoms with E-state index in [2.05, 4.69) is 42.2 Å². The molecule has 2 saturated heterocycles. The van der Waals surface area contributed by atoms with E-state index in [1.807, 2.05) is 18.7 Å². The first-order valence-electron chi connectivity index (χ1n) is 8.70. The highest BCUT2D eigenvalue weighted by molar-refractivity contribution is 5.85. The summed E-state index contributed by atoms with van der Waals surface area (Å²) in [7, 11) is 0. The van der Waals surface area contributed by atoms with Gasteiger partial charge in [0.25, 0.3) is 5.91 Å². The summed E-state index contributed by atoms with van der Waals surface area (Å²) in [6.45, 7) is 10.4. The summed E-state index contributed by atoms with van der Waals surface area (Å²) in [4.78, 5) is 16.9. The molecule has 2 fully saturated rings. The zero-order valence-electron chi connectivity index (χ0n) is 14.5. The van der Waals surface area contributed by atoms with Gasteiger partial charge in [-0.1, -0.05) is 30.3 Å². The van der Waals surface area contributed by atoms with Crippen LogP contribution in [-0.4, -0.2) is 53.1 Å². The lowest BCUT2D eigenvalue weighted by molar-refractivity contribution is -0.216. The van der Waals surface area contributed by atoms with E-state index in [0.29, 0.717) is 0 Å². The number of rotatable bonds is 3. The van der Waals surface area contributed by atoms with Crippen molar-refractivity contribution in [3.05, 3.63) is 35.9 Å². The van der Waals surface area contributed by atoms with Crippen LogP contribution in [0.3, 0.4) is 0 Å². The molecule has 0 N–H and O–H groups in total. The highest BCUT2D eigenvalue weighted by Crippen LogP contribution is 2.37. The van der Waals surface area contributed by atoms with Gasteiger partial charge in [0.05, 0.1) is 5.60 Å². The number of carbonyl (C=O) groups excluding carboxylic acids is 1. The minimum absolute atomic E-state index is 0.123. The van der Waals surface area contributed by atoms with Gasteiger partial charge in [-0.05, 0) is 39.2 Å². The Morgan fingerprint density at radius 1 is 1.13 bits per heavy atom. The number of likely N-dealkylation sites (N-methyl/N-ethyl adjacent to an activating group) is 1. The zero-order valence-corrected chi connectivity index (χ0v) is 14.5. The predicted octanol–water partition coefficient (Wildman–Crippen LogP) is 2.68. The minimum Gasteiger partial charge on any atom is -0.357 e. The van der Waals surface area contributed by atoms with Crippen molar-refractivity contribution in [2.24, 2.45) is 0 Å². The molecule has 2 aliphatic heterocycles. The van der Waals surface area contributed by atoms with Crippen LogP contribution in [0.15, 0.2) is 30.3 Å². The van der Waals surface area contributed by atoms with Crippen molar-refractivity contribution < 1.29 is 9.53 Å². The van der Waals surface area contributed by atoms with Crippen molar-refractivity contribution in [1.29, 1.82) is 0 Å². The van der Waals surface area contributed by atoms with E-state index in [-0.39, 0.29) is 11.5 Å². The Morgan fingerprint density at radius 3 is 2.39 bits per heavy atom. The maximum Gasteiger partial charge on any atom is 0.254 e. The normalized spacial score (nSPS) is 24.1. The number of benzene rings is 1. The monoisotopic (exact) mass is 316 g/mol. The molecule has 23 heavy (non-hydrogen) atoms. The van der Waals surface area contributed by atoms with Crippen LogP contribution in [-0.2, 0) is 16.1 Å². The lowest BCUT2D eigenvalue weighted by atomic mass is 9.86. The molecular weight excluding hydrogens is 288 g/mol. The van der Waals surface area contributed by atoms with Gasteiger partial charge in [-0.25, -0.2) is 0 Å².